The quantitative estimate of drug-likeness (QED) is 0.616. The summed E-state index contributed by atoms with van der Waals surface area (Å²) in [6, 6.07) is 6.00. The summed E-state index contributed by atoms with van der Waals surface area (Å²) in [7, 11) is 9.71. The van der Waals surface area contributed by atoms with Gasteiger partial charge in [0, 0.05) is 25.0 Å². The van der Waals surface area contributed by atoms with Gasteiger partial charge in [0.1, 0.15) is 0 Å². The number of halogens is 2. The Kier molecular flexibility index (Phi) is 14.3. The van der Waals surface area contributed by atoms with Crippen molar-refractivity contribution < 1.29 is 15.1 Å². The van der Waals surface area contributed by atoms with Crippen molar-refractivity contribution in [3.63, 3.8) is 0 Å². The summed E-state index contributed by atoms with van der Waals surface area (Å²) in [6.45, 7) is 4.13. The molecule has 0 radical (unpaired) electrons. The van der Waals surface area contributed by atoms with Crippen LogP contribution in [-0.4, -0.2) is 23.0 Å². The Bertz CT molecular complexity index is 240. The van der Waals surface area contributed by atoms with Crippen LogP contribution in [0.2, 0.25) is 0 Å². The van der Waals surface area contributed by atoms with Crippen LogP contribution in [0.15, 0.2) is 24.4 Å². The van der Waals surface area contributed by atoms with E-state index < -0.39 is 0 Å². The summed E-state index contributed by atoms with van der Waals surface area (Å²) in [6.07, 6.45) is 1.83. The Morgan fingerprint density at radius 3 is 2.75 bits per heavy atom. The fraction of sp³-hybridized carbons (Fsp3) is 0.500. The van der Waals surface area contributed by atoms with E-state index in [2.05, 4.69) is 17.2 Å². The molecule has 0 atom stereocenters. The van der Waals surface area contributed by atoms with Crippen LogP contribution in [0.25, 0.3) is 0 Å². The van der Waals surface area contributed by atoms with Crippen molar-refractivity contribution >= 4 is 31.1 Å². The number of aromatic nitrogens is 1. The Hall–Kier alpha value is 0.663. The van der Waals surface area contributed by atoms with Gasteiger partial charge in [0.15, 0.2) is 0 Å². The van der Waals surface area contributed by atoms with Crippen LogP contribution in [-0.2, 0) is 21.7 Å². The van der Waals surface area contributed by atoms with Crippen LogP contribution in [0.5, 0.6) is 0 Å². The Labute approximate surface area is 118 Å². The minimum atomic E-state index is -0.346. The molecule has 0 spiro atoms. The molecule has 1 aromatic rings. The number of hydrogen-bond acceptors (Lipinski definition) is 3. The number of nitrogens with zero attached hydrogens (tertiary/aromatic N) is 1. The fourth-order valence-corrected chi connectivity index (χ4v) is 1.59. The van der Waals surface area contributed by atoms with E-state index in [4.69, 9.17) is 19.4 Å². The standard InChI is InChI=1S/C10H16N2S.2ClH.Ru/c1-2-13-8-7-11-9-10-5-3-4-6-12-10;;;/h3-6,11H,2,7-9H2,1H3;2*1H;/q;;;+2/p-2. The first-order chi connectivity index (χ1) is 7.85. The normalized spacial score (nSPS) is 9.69. The van der Waals surface area contributed by atoms with Gasteiger partial charge in [-0.1, -0.05) is 13.0 Å². The second-order valence-electron chi connectivity index (χ2n) is 2.75. The van der Waals surface area contributed by atoms with Gasteiger partial charge in [-0.3, -0.25) is 4.98 Å². The van der Waals surface area contributed by atoms with Gasteiger partial charge >= 0.3 is 34.5 Å². The number of hydrogen-bond donors (Lipinski definition) is 1. The zero-order chi connectivity index (χ0) is 12.1. The van der Waals surface area contributed by atoms with E-state index in [1.54, 1.807) is 0 Å². The van der Waals surface area contributed by atoms with Gasteiger partial charge in [0.2, 0.25) is 0 Å². The molecule has 0 saturated carbocycles. The van der Waals surface area contributed by atoms with Crippen molar-refractivity contribution in [3.05, 3.63) is 30.1 Å². The monoisotopic (exact) mass is 368 g/mol. The molecule has 1 aromatic heterocycles. The van der Waals surface area contributed by atoms with Crippen LogP contribution in [0.4, 0.5) is 0 Å². The summed E-state index contributed by atoms with van der Waals surface area (Å²) < 4.78 is 0. The molecule has 0 amide bonds. The van der Waals surface area contributed by atoms with Crippen LogP contribution in [0, 0.1) is 0 Å². The van der Waals surface area contributed by atoms with E-state index in [9.17, 15) is 0 Å². The SMILES string of the molecule is CCSCCNCc1ccccn1.[Cl][Ru][Cl]. The number of nitrogens with one attached hydrogen (secondary N) is 1. The Morgan fingerprint density at radius 1 is 1.44 bits per heavy atom. The minimum absolute atomic E-state index is 0.346. The molecule has 94 valence electrons. The van der Waals surface area contributed by atoms with Crippen molar-refractivity contribution in [1.29, 1.82) is 0 Å². The molecule has 0 bridgehead atoms. The summed E-state index contributed by atoms with van der Waals surface area (Å²) in [5.41, 5.74) is 1.11. The van der Waals surface area contributed by atoms with Gasteiger partial charge in [0.05, 0.1) is 5.69 Å². The van der Waals surface area contributed by atoms with Crippen molar-refractivity contribution in [1.82, 2.24) is 10.3 Å². The fourth-order valence-electron chi connectivity index (χ4n) is 1.01. The summed E-state index contributed by atoms with van der Waals surface area (Å²) >= 11 is 1.61. The third kappa shape index (κ3) is 11.2. The summed E-state index contributed by atoms with van der Waals surface area (Å²) in [4.78, 5) is 4.23. The molecule has 0 aliphatic rings. The molecule has 2 nitrogen and oxygen atoms in total. The van der Waals surface area contributed by atoms with Crippen LogP contribution in [0.3, 0.4) is 0 Å². The number of pyridine rings is 1. The summed E-state index contributed by atoms with van der Waals surface area (Å²) in [5, 5.41) is 3.35. The maximum atomic E-state index is 4.85. The predicted octanol–water partition coefficient (Wildman–Crippen LogP) is 3.30. The molecule has 16 heavy (non-hydrogen) atoms. The third-order valence-corrected chi connectivity index (χ3v) is 2.56. The first kappa shape index (κ1) is 16.7. The average molecular weight is 368 g/mol. The van der Waals surface area contributed by atoms with E-state index in [0.29, 0.717) is 0 Å². The van der Waals surface area contributed by atoms with E-state index >= 15 is 0 Å². The molecule has 0 unspecified atom stereocenters. The van der Waals surface area contributed by atoms with E-state index in [1.807, 2.05) is 36.2 Å². The molecule has 0 fully saturated rings. The first-order valence-corrected chi connectivity index (χ1v) is 10.5. The molecule has 0 aromatic carbocycles. The Balaban J connectivity index is 0.000000673. The van der Waals surface area contributed by atoms with Crippen LogP contribution in [0.1, 0.15) is 12.6 Å². The molecule has 0 saturated heterocycles. The molecule has 1 rings (SSSR count). The first-order valence-electron chi connectivity index (χ1n) is 4.88. The molecule has 0 aliphatic carbocycles. The van der Waals surface area contributed by atoms with Gasteiger partial charge in [-0.15, -0.1) is 0 Å². The maximum absolute atomic E-state index is 4.85. The average Bonchev–Trinajstić information content (AvgIpc) is 2.31. The van der Waals surface area contributed by atoms with Crippen molar-refractivity contribution in [3.8, 4) is 0 Å². The molecule has 0 aliphatic heterocycles. The van der Waals surface area contributed by atoms with Gasteiger partial charge in [-0.25, -0.2) is 0 Å². The van der Waals surface area contributed by atoms with Gasteiger partial charge in [-0.2, -0.15) is 11.8 Å². The number of thioether (sulfide) groups is 1. The second kappa shape index (κ2) is 13.7. The number of rotatable bonds is 6. The molecule has 6 heteroatoms. The van der Waals surface area contributed by atoms with Crippen LogP contribution < -0.4 is 5.32 Å². The van der Waals surface area contributed by atoms with Crippen molar-refractivity contribution in [2.24, 2.45) is 0 Å². The van der Waals surface area contributed by atoms with E-state index in [1.165, 1.54) is 11.5 Å². The van der Waals surface area contributed by atoms with Gasteiger partial charge in [-0.05, 0) is 17.9 Å². The van der Waals surface area contributed by atoms with Gasteiger partial charge in [0.25, 0.3) is 0 Å². The topological polar surface area (TPSA) is 24.9 Å². The zero-order valence-electron chi connectivity index (χ0n) is 9.10. The summed E-state index contributed by atoms with van der Waals surface area (Å²) in [5.74, 6) is 2.38. The molecule has 1 heterocycles. The van der Waals surface area contributed by atoms with Crippen LogP contribution >= 0.6 is 31.1 Å². The van der Waals surface area contributed by atoms with Crippen molar-refractivity contribution in [2.75, 3.05) is 18.1 Å². The van der Waals surface area contributed by atoms with E-state index in [0.717, 1.165) is 18.8 Å². The predicted molar refractivity (Wildman–Crippen MR) is 70.6 cm³/mol. The Morgan fingerprint density at radius 2 is 2.19 bits per heavy atom. The third-order valence-electron chi connectivity index (χ3n) is 1.66. The second-order valence-corrected chi connectivity index (χ2v) is 6.78. The molecular weight excluding hydrogens is 352 g/mol. The zero-order valence-corrected chi connectivity index (χ0v) is 13.2. The van der Waals surface area contributed by atoms with E-state index in [-0.39, 0.29) is 15.1 Å². The van der Waals surface area contributed by atoms with Crippen molar-refractivity contribution in [2.45, 2.75) is 13.5 Å². The molecule has 1 N–H and O–H groups in total. The van der Waals surface area contributed by atoms with Gasteiger partial charge < -0.3 is 5.32 Å². The molecular formula is C10H16Cl2N2RuS.